The zero-order chi connectivity index (χ0) is 19.4. The van der Waals surface area contributed by atoms with Gasteiger partial charge in [-0.2, -0.15) is 0 Å². The molecule has 10 nitrogen and oxygen atoms in total. The molecule has 0 saturated carbocycles. The minimum Gasteiger partial charge on any atom is -0.550 e. The number of carbonyl (C=O) groups excluding carboxylic acids is 4. The summed E-state index contributed by atoms with van der Waals surface area (Å²) in [6.45, 7) is 0.840. The maximum atomic E-state index is 11.3. The maximum absolute atomic E-state index is 11.3. The van der Waals surface area contributed by atoms with E-state index >= 15 is 0 Å². The number of carbonyl (C=O) groups is 3. The minimum absolute atomic E-state index is 0. The Bertz CT molecular complexity index is 439. The van der Waals surface area contributed by atoms with Gasteiger partial charge in [-0.25, -0.2) is 0 Å². The van der Waals surface area contributed by atoms with Gasteiger partial charge in [0.05, 0.1) is 33.5 Å². The summed E-state index contributed by atoms with van der Waals surface area (Å²) in [5, 5.41) is 33.1. The summed E-state index contributed by atoms with van der Waals surface area (Å²) >= 11 is 0. The van der Waals surface area contributed by atoms with Gasteiger partial charge in [-0.15, -0.1) is 6.54 Å². The number of likely N-dealkylation sites (N-methyl/N-ethyl adjacent to an activating group) is 2. The minimum atomic E-state index is -2.81. The standard InChI is InChI=1S/C11H19NO7.C3H6NO.Fe/c1-12(2,3)4-5-19-9(15)7-11(18,10(16)17)6-8(13)14;1-4-2-3-5;/h18H,4-7H2,1-3H3,(H-,13,14,16,17);4H,2H2,1H3;/q;-1;+2/p-1. The first-order chi connectivity index (χ1) is 10.9. The van der Waals surface area contributed by atoms with Crippen LogP contribution < -0.4 is 15.5 Å². The molecule has 0 spiro atoms. The van der Waals surface area contributed by atoms with Crippen molar-refractivity contribution < 1.29 is 60.8 Å². The topological polar surface area (TPSA) is 156 Å². The molecule has 0 amide bonds. The molecule has 1 atom stereocenters. The molecule has 0 aliphatic rings. The van der Waals surface area contributed by atoms with Crippen LogP contribution in [-0.4, -0.2) is 87.3 Å². The van der Waals surface area contributed by atoms with E-state index < -0.39 is 36.4 Å². The summed E-state index contributed by atoms with van der Waals surface area (Å²) in [7, 11) is 7.29. The van der Waals surface area contributed by atoms with Crippen molar-refractivity contribution >= 4 is 24.2 Å². The van der Waals surface area contributed by atoms with Gasteiger partial charge in [0.25, 0.3) is 0 Å². The molecule has 0 aromatic heterocycles. The number of ether oxygens (including phenoxy) is 1. The number of carboxylic acids is 2. The summed E-state index contributed by atoms with van der Waals surface area (Å²) in [5.41, 5.74) is -2.81. The zero-order valence-electron chi connectivity index (χ0n) is 14.6. The van der Waals surface area contributed by atoms with Gasteiger partial charge < -0.3 is 44.2 Å². The fourth-order valence-electron chi connectivity index (χ4n) is 1.24. The molecule has 146 valence electrons. The van der Waals surface area contributed by atoms with Gasteiger partial charge in [0.2, 0.25) is 0 Å². The van der Waals surface area contributed by atoms with E-state index in [0.29, 0.717) is 17.6 Å². The van der Waals surface area contributed by atoms with Gasteiger partial charge in [0.15, 0.2) is 0 Å². The molecule has 0 aliphatic heterocycles. The number of esters is 1. The number of carboxylic acid groups (broad SMARTS) is 2. The number of aliphatic carboxylic acids is 2. The second-order valence-corrected chi connectivity index (χ2v) is 5.95. The van der Waals surface area contributed by atoms with Crippen molar-refractivity contribution in [3.05, 3.63) is 0 Å². The number of nitrogens with zero attached hydrogens (tertiary/aromatic N) is 1. The van der Waals surface area contributed by atoms with Gasteiger partial charge in [-0.3, -0.25) is 11.1 Å². The number of aliphatic hydroxyl groups is 1. The molecule has 1 unspecified atom stereocenters. The molecule has 0 aromatic carbocycles. The number of rotatable bonds is 10. The number of hydrogen-bond acceptors (Lipinski definition) is 9. The molecule has 0 rings (SSSR count). The van der Waals surface area contributed by atoms with Crippen molar-refractivity contribution in [1.29, 1.82) is 0 Å². The van der Waals surface area contributed by atoms with E-state index in [1.165, 1.54) is 0 Å². The Morgan fingerprint density at radius 3 is 2.00 bits per heavy atom. The Balaban J connectivity index is -0.000000704. The van der Waals surface area contributed by atoms with Crippen molar-refractivity contribution in [3.63, 3.8) is 0 Å². The third-order valence-electron chi connectivity index (χ3n) is 2.53. The average Bonchev–Trinajstić information content (AvgIpc) is 2.37. The number of hydrogen-bond donors (Lipinski definition) is 2. The molecule has 0 bridgehead atoms. The smallest absolute Gasteiger partial charge is 0.550 e. The SMILES string of the molecule is CNC[C-]=O.C[N+](C)(C)CCOC(=O)CC(O)(CC(=O)[O-])C(=O)[O-].[Fe+2]. The number of nitrogens with one attached hydrogen (secondary N) is 1. The van der Waals surface area contributed by atoms with E-state index in [1.54, 1.807) is 13.3 Å². The summed E-state index contributed by atoms with van der Waals surface area (Å²) in [4.78, 5) is 41.5. The molecule has 0 saturated heterocycles. The fraction of sp³-hybridized carbons (Fsp3) is 0.714. The molecule has 0 radical (unpaired) electrons. The molecule has 0 aliphatic carbocycles. The van der Waals surface area contributed by atoms with Crippen LogP contribution in [0.15, 0.2) is 0 Å². The van der Waals surface area contributed by atoms with Crippen molar-refractivity contribution in [1.82, 2.24) is 5.32 Å². The van der Waals surface area contributed by atoms with E-state index in [1.807, 2.05) is 21.1 Å². The predicted molar refractivity (Wildman–Crippen MR) is 77.7 cm³/mol. The van der Waals surface area contributed by atoms with Gasteiger partial charge >= 0.3 is 23.0 Å². The van der Waals surface area contributed by atoms with Gasteiger partial charge in [0, 0.05) is 12.4 Å². The molecule has 0 heterocycles. The Morgan fingerprint density at radius 2 is 1.72 bits per heavy atom. The van der Waals surface area contributed by atoms with Crippen LogP contribution in [0, 0.1) is 0 Å². The first-order valence-electron chi connectivity index (χ1n) is 6.97. The third-order valence-corrected chi connectivity index (χ3v) is 2.53. The van der Waals surface area contributed by atoms with Crippen LogP contribution in [0.5, 0.6) is 0 Å². The van der Waals surface area contributed by atoms with E-state index in [-0.39, 0.29) is 23.7 Å². The van der Waals surface area contributed by atoms with Gasteiger partial charge in [-0.05, 0) is 7.05 Å². The summed E-state index contributed by atoms with van der Waals surface area (Å²) in [6.07, 6.45) is -0.580. The Hall–Kier alpha value is -1.52. The van der Waals surface area contributed by atoms with E-state index in [9.17, 15) is 34.5 Å². The molecule has 25 heavy (non-hydrogen) atoms. The Kier molecular flexibility index (Phi) is 15.5. The zero-order valence-corrected chi connectivity index (χ0v) is 15.7. The summed E-state index contributed by atoms with van der Waals surface area (Å²) in [5.74, 6) is -4.87. The second-order valence-electron chi connectivity index (χ2n) is 5.95. The number of quaternary nitrogens is 1. The van der Waals surface area contributed by atoms with Crippen LogP contribution >= 0.6 is 0 Å². The van der Waals surface area contributed by atoms with Crippen LogP contribution in [0.3, 0.4) is 0 Å². The maximum Gasteiger partial charge on any atom is 2.00 e. The second kappa shape index (κ2) is 13.7. The van der Waals surface area contributed by atoms with E-state index in [0.717, 1.165) is 0 Å². The van der Waals surface area contributed by atoms with Crippen molar-refractivity contribution in [2.45, 2.75) is 18.4 Å². The largest absolute Gasteiger partial charge is 2.00 e. The predicted octanol–water partition coefficient (Wildman–Crippen LogP) is -4.44. The van der Waals surface area contributed by atoms with Crippen LogP contribution in [0.2, 0.25) is 0 Å². The summed E-state index contributed by atoms with van der Waals surface area (Å²) < 4.78 is 5.25. The van der Waals surface area contributed by atoms with Crippen molar-refractivity contribution in [3.8, 4) is 0 Å². The van der Waals surface area contributed by atoms with Gasteiger partial charge in [0.1, 0.15) is 18.8 Å². The normalized spacial score (nSPS) is 12.5. The molecular formula is C14H24FeN2O8. The first-order valence-corrected chi connectivity index (χ1v) is 6.97. The molecular weight excluding hydrogens is 380 g/mol. The van der Waals surface area contributed by atoms with Crippen LogP contribution in [0.4, 0.5) is 0 Å². The molecule has 0 fully saturated rings. The van der Waals surface area contributed by atoms with Gasteiger partial charge in [-0.1, -0.05) is 0 Å². The average molecular weight is 404 g/mol. The molecule has 2 N–H and O–H groups in total. The Labute approximate surface area is 157 Å². The van der Waals surface area contributed by atoms with Crippen LogP contribution in [0.25, 0.3) is 0 Å². The molecule has 0 aromatic rings. The van der Waals surface area contributed by atoms with E-state index in [2.05, 4.69) is 5.32 Å². The van der Waals surface area contributed by atoms with Crippen molar-refractivity contribution in [2.75, 3.05) is 47.9 Å². The fourth-order valence-corrected chi connectivity index (χ4v) is 1.24. The van der Waals surface area contributed by atoms with Crippen LogP contribution in [-0.2, 0) is 41.0 Å². The third kappa shape index (κ3) is 17.1. The summed E-state index contributed by atoms with van der Waals surface area (Å²) in [6, 6.07) is 0. The monoisotopic (exact) mass is 404 g/mol. The van der Waals surface area contributed by atoms with Crippen molar-refractivity contribution in [2.24, 2.45) is 0 Å². The molecule has 11 heteroatoms. The van der Waals surface area contributed by atoms with E-state index in [4.69, 9.17) is 4.74 Å². The Morgan fingerprint density at radius 1 is 1.20 bits per heavy atom. The van der Waals surface area contributed by atoms with Crippen LogP contribution in [0.1, 0.15) is 12.8 Å². The first kappa shape index (κ1) is 28.3. The quantitative estimate of drug-likeness (QED) is 0.159.